The maximum absolute atomic E-state index is 13.2. The monoisotopic (exact) mass is 501 g/mol. The van der Waals surface area contributed by atoms with Gasteiger partial charge in [0.2, 0.25) is 11.8 Å². The summed E-state index contributed by atoms with van der Waals surface area (Å²) in [6.07, 6.45) is 6.54. The third kappa shape index (κ3) is 4.37. The molecule has 3 fully saturated rings. The summed E-state index contributed by atoms with van der Waals surface area (Å²) < 4.78 is 5.84. The van der Waals surface area contributed by atoms with Gasteiger partial charge in [0.15, 0.2) is 5.65 Å². The fourth-order valence-electron chi connectivity index (χ4n) is 6.14. The first-order chi connectivity index (χ1) is 18.0. The number of rotatable bonds is 5. The molecule has 2 bridgehead atoms. The Morgan fingerprint density at radius 1 is 1.22 bits per heavy atom. The lowest BCUT2D eigenvalue weighted by atomic mass is 9.82. The first-order valence-corrected chi connectivity index (χ1v) is 13.0. The number of aromatic amines is 1. The molecule has 3 aliphatic rings. The minimum atomic E-state index is -0.00468. The van der Waals surface area contributed by atoms with Gasteiger partial charge in [-0.1, -0.05) is 18.2 Å². The molecule has 3 aromatic rings. The summed E-state index contributed by atoms with van der Waals surface area (Å²) in [6.45, 7) is 4.40. The normalized spacial score (nSPS) is 23.9. The van der Waals surface area contributed by atoms with Gasteiger partial charge in [0, 0.05) is 48.1 Å². The summed E-state index contributed by atoms with van der Waals surface area (Å²) in [5, 5.41) is 20.0. The highest BCUT2D eigenvalue weighted by atomic mass is 16.5. The Kier molecular flexibility index (Phi) is 6.16. The lowest BCUT2D eigenvalue weighted by Gasteiger charge is -2.48. The van der Waals surface area contributed by atoms with E-state index in [1.165, 1.54) is 0 Å². The van der Waals surface area contributed by atoms with E-state index in [1.807, 2.05) is 29.2 Å². The van der Waals surface area contributed by atoms with Crippen LogP contribution in [0.15, 0.2) is 42.5 Å². The Balaban J connectivity index is 1.21. The molecule has 3 aliphatic heterocycles. The predicted octanol–water partition coefficient (Wildman–Crippen LogP) is 3.29. The summed E-state index contributed by atoms with van der Waals surface area (Å²) in [4.78, 5) is 32.3. The van der Waals surface area contributed by atoms with Gasteiger partial charge in [-0.3, -0.25) is 9.59 Å². The average molecular weight is 502 g/mol. The summed E-state index contributed by atoms with van der Waals surface area (Å²) in [5.74, 6) is 0.580. The van der Waals surface area contributed by atoms with E-state index in [9.17, 15) is 14.7 Å². The molecule has 0 spiro atoms. The molecule has 2 N–H and O–H groups in total. The van der Waals surface area contributed by atoms with Crippen molar-refractivity contribution in [2.75, 3.05) is 26.3 Å². The van der Waals surface area contributed by atoms with Gasteiger partial charge in [0.1, 0.15) is 5.75 Å². The van der Waals surface area contributed by atoms with E-state index in [2.05, 4.69) is 22.1 Å². The van der Waals surface area contributed by atoms with Gasteiger partial charge in [-0.2, -0.15) is 0 Å². The number of H-pyrrole nitrogens is 1. The molecule has 0 radical (unpaired) electrons. The van der Waals surface area contributed by atoms with Gasteiger partial charge >= 0.3 is 0 Å². The molecule has 192 valence electrons. The van der Waals surface area contributed by atoms with E-state index < -0.39 is 0 Å². The van der Waals surface area contributed by atoms with Crippen LogP contribution in [0.4, 0.5) is 0 Å². The highest BCUT2D eigenvalue weighted by Gasteiger charge is 2.42. The number of nitrogens with zero attached hydrogens (tertiary/aromatic N) is 4. The number of para-hydroxylation sites is 1. The number of amides is 2. The predicted molar refractivity (Wildman–Crippen MR) is 138 cm³/mol. The fourth-order valence-corrected chi connectivity index (χ4v) is 6.14. The molecule has 9 heteroatoms. The van der Waals surface area contributed by atoms with Crippen LogP contribution in [0.3, 0.4) is 0 Å². The average Bonchev–Trinajstić information content (AvgIpc) is 3.45. The number of nitrogens with one attached hydrogen (secondary N) is 1. The van der Waals surface area contributed by atoms with Gasteiger partial charge in [-0.15, -0.1) is 10.2 Å². The van der Waals surface area contributed by atoms with Crippen LogP contribution in [-0.2, 0) is 14.3 Å². The van der Waals surface area contributed by atoms with Gasteiger partial charge in [0.25, 0.3) is 0 Å². The van der Waals surface area contributed by atoms with E-state index in [0.29, 0.717) is 37.4 Å². The van der Waals surface area contributed by atoms with Crippen molar-refractivity contribution in [3.8, 4) is 17.0 Å². The number of hydrogen-bond donors (Lipinski definition) is 2. The molecular weight excluding hydrogens is 470 g/mol. The highest BCUT2D eigenvalue weighted by Crippen LogP contribution is 2.40. The van der Waals surface area contributed by atoms with Crippen LogP contribution in [0.1, 0.15) is 42.9 Å². The molecule has 37 heavy (non-hydrogen) atoms. The number of aromatic hydroxyl groups is 1. The largest absolute Gasteiger partial charge is 0.507 e. The fraction of sp³-hybridized carbons (Fsp3) is 0.429. The number of carbonyl (C=O) groups excluding carboxylic acids is 2. The van der Waals surface area contributed by atoms with Crippen LogP contribution in [0, 0.1) is 6.92 Å². The highest BCUT2D eigenvalue weighted by molar-refractivity contribution is 5.89. The molecule has 2 atom stereocenters. The van der Waals surface area contributed by atoms with E-state index in [0.717, 1.165) is 48.1 Å². The van der Waals surface area contributed by atoms with E-state index >= 15 is 0 Å². The third-order valence-corrected chi connectivity index (χ3v) is 7.98. The van der Waals surface area contributed by atoms with Crippen LogP contribution < -0.4 is 0 Å². The van der Waals surface area contributed by atoms with Crippen molar-refractivity contribution in [1.29, 1.82) is 0 Å². The molecule has 6 rings (SSSR count). The van der Waals surface area contributed by atoms with Crippen LogP contribution in [0.25, 0.3) is 22.3 Å². The third-order valence-electron chi connectivity index (χ3n) is 7.98. The second-order valence-electron chi connectivity index (χ2n) is 10.3. The number of piperidine rings is 1. The van der Waals surface area contributed by atoms with Crippen LogP contribution in [-0.4, -0.2) is 80.3 Å². The van der Waals surface area contributed by atoms with E-state index in [1.54, 1.807) is 23.1 Å². The zero-order valence-corrected chi connectivity index (χ0v) is 20.9. The zero-order valence-electron chi connectivity index (χ0n) is 20.9. The van der Waals surface area contributed by atoms with Crippen molar-refractivity contribution in [2.24, 2.45) is 0 Å². The number of phenolic OH excluding ortho intramolecular Hbond substituents is 1. The number of likely N-dealkylation sites (tertiary alicyclic amines) is 1. The number of ether oxygens (including phenoxy) is 1. The van der Waals surface area contributed by atoms with Gasteiger partial charge < -0.3 is 24.6 Å². The smallest absolute Gasteiger partial charge is 0.246 e. The lowest BCUT2D eigenvalue weighted by molar-refractivity contribution is -0.146. The molecule has 0 aliphatic carbocycles. The van der Waals surface area contributed by atoms with Crippen molar-refractivity contribution < 1.29 is 19.4 Å². The number of phenols is 1. The SMILES string of the molecule is Cc1c(C2CC3COCC(C2)N3C(=O)/C=C/CN2CCCC2=O)[nH]c2nnc(-c3ccccc3O)cc12. The number of benzene rings is 1. The molecule has 1 aromatic carbocycles. The van der Waals surface area contributed by atoms with Crippen molar-refractivity contribution in [3.63, 3.8) is 0 Å². The molecule has 3 saturated heterocycles. The van der Waals surface area contributed by atoms with Crippen molar-refractivity contribution in [3.05, 3.63) is 53.7 Å². The van der Waals surface area contributed by atoms with Crippen LogP contribution in [0.2, 0.25) is 0 Å². The molecular formula is C28H31N5O4. The summed E-state index contributed by atoms with van der Waals surface area (Å²) in [7, 11) is 0. The Labute approximate surface area is 215 Å². The Bertz CT molecular complexity index is 1370. The Hall–Kier alpha value is -3.72. The van der Waals surface area contributed by atoms with E-state index in [4.69, 9.17) is 4.74 Å². The Morgan fingerprint density at radius 3 is 2.73 bits per heavy atom. The standard InChI is InChI=1S/C28H31N5O4/c1-17-22-14-23(21-6-2-3-7-24(21)34)30-31-28(22)29-27(17)18-12-19-15-37-16-20(13-18)33(19)26(36)9-5-11-32-10-4-8-25(32)35/h2-3,5-7,9,14,18-20,34H,4,8,10-13,15-16H2,1H3,(H,29,31)/b9-5+. The molecule has 2 aromatic heterocycles. The summed E-state index contributed by atoms with van der Waals surface area (Å²) in [6, 6.07) is 9.10. The van der Waals surface area contributed by atoms with Gasteiger partial charge in [0.05, 0.1) is 31.0 Å². The van der Waals surface area contributed by atoms with Crippen LogP contribution in [0.5, 0.6) is 5.75 Å². The molecule has 0 saturated carbocycles. The maximum Gasteiger partial charge on any atom is 0.246 e. The topological polar surface area (TPSA) is 112 Å². The number of aryl methyl sites for hydroxylation is 1. The van der Waals surface area contributed by atoms with E-state index in [-0.39, 0.29) is 35.6 Å². The number of fused-ring (bicyclic) bond motifs is 3. The first kappa shape index (κ1) is 23.7. The minimum absolute atomic E-state index is 0.00297. The van der Waals surface area contributed by atoms with Crippen LogP contribution >= 0.6 is 0 Å². The second-order valence-corrected chi connectivity index (χ2v) is 10.3. The maximum atomic E-state index is 13.2. The zero-order chi connectivity index (χ0) is 25.5. The summed E-state index contributed by atoms with van der Waals surface area (Å²) in [5.41, 5.74) is 4.27. The van der Waals surface area contributed by atoms with Gasteiger partial charge in [-0.25, -0.2) is 0 Å². The minimum Gasteiger partial charge on any atom is -0.507 e. The van der Waals surface area contributed by atoms with Gasteiger partial charge in [-0.05, 0) is 49.9 Å². The molecule has 9 nitrogen and oxygen atoms in total. The van der Waals surface area contributed by atoms with Crippen molar-refractivity contribution in [1.82, 2.24) is 25.0 Å². The molecule has 5 heterocycles. The number of aromatic nitrogens is 3. The Morgan fingerprint density at radius 2 is 2.00 bits per heavy atom. The molecule has 2 amide bonds. The van der Waals surface area contributed by atoms with Crippen molar-refractivity contribution >= 4 is 22.8 Å². The van der Waals surface area contributed by atoms with Crippen molar-refractivity contribution in [2.45, 2.75) is 50.6 Å². The first-order valence-electron chi connectivity index (χ1n) is 13.0. The molecule has 2 unspecified atom stereocenters. The summed E-state index contributed by atoms with van der Waals surface area (Å²) >= 11 is 0. The number of morpholine rings is 1. The quantitative estimate of drug-likeness (QED) is 0.519. The number of carbonyl (C=O) groups is 2. The lowest BCUT2D eigenvalue weighted by Crippen LogP contribution is -2.58. The second kappa shape index (κ2) is 9.63. The number of hydrogen-bond acceptors (Lipinski definition) is 6.